The Bertz CT molecular complexity index is 1560. The molecule has 2 aliphatic rings. The maximum absolute atomic E-state index is 15.0. The van der Waals surface area contributed by atoms with Gasteiger partial charge >= 0.3 is 23.9 Å². The number of aryl methyl sites for hydroxylation is 2. The van der Waals surface area contributed by atoms with E-state index in [0.717, 1.165) is 125 Å². The molecule has 6 atom stereocenters. The number of rotatable bonds is 34. The van der Waals surface area contributed by atoms with Crippen molar-refractivity contribution in [3.63, 3.8) is 0 Å². The minimum Gasteiger partial charge on any atom is -0.465 e. The first kappa shape index (κ1) is 54.8. The van der Waals surface area contributed by atoms with Crippen LogP contribution in [0.4, 0.5) is 0 Å². The molecule has 0 saturated carbocycles. The summed E-state index contributed by atoms with van der Waals surface area (Å²) in [5.41, 5.74) is 3.51. The van der Waals surface area contributed by atoms with Crippen LogP contribution >= 0.6 is 0 Å². The predicted molar refractivity (Wildman–Crippen MR) is 263 cm³/mol. The molecular formula is C56H88N2O8. The second-order valence-corrected chi connectivity index (χ2v) is 19.2. The summed E-state index contributed by atoms with van der Waals surface area (Å²) in [5.74, 6) is -4.33. The number of nitrogens with zero attached hydrogens (tertiary/aromatic N) is 2. The van der Waals surface area contributed by atoms with Gasteiger partial charge in [-0.3, -0.25) is 19.2 Å². The first-order chi connectivity index (χ1) is 32.2. The number of benzene rings is 2. The fourth-order valence-electron chi connectivity index (χ4n) is 9.78. The normalized spacial score (nSPS) is 20.6. The molecule has 66 heavy (non-hydrogen) atoms. The Kier molecular flexibility index (Phi) is 26.0. The quantitative estimate of drug-likeness (QED) is 0.0382. The fraction of sp³-hybridized carbons (Fsp3) is 0.714. The molecule has 2 aliphatic heterocycles. The molecule has 2 heterocycles. The highest BCUT2D eigenvalue weighted by atomic mass is 16.6. The molecule has 0 N–H and O–H groups in total. The Balaban J connectivity index is 1.83. The molecule has 0 spiro atoms. The first-order valence-electron chi connectivity index (χ1n) is 26.6. The summed E-state index contributed by atoms with van der Waals surface area (Å²) >= 11 is 0. The lowest BCUT2D eigenvalue weighted by atomic mass is 9.82. The van der Waals surface area contributed by atoms with E-state index in [-0.39, 0.29) is 26.4 Å². The van der Waals surface area contributed by atoms with Crippen molar-refractivity contribution < 1.29 is 38.1 Å². The van der Waals surface area contributed by atoms with Gasteiger partial charge in [-0.05, 0) is 50.7 Å². The van der Waals surface area contributed by atoms with Crippen LogP contribution in [0.1, 0.15) is 216 Å². The Hall–Kier alpha value is -3.76. The smallest absolute Gasteiger partial charge is 0.325 e. The van der Waals surface area contributed by atoms with Gasteiger partial charge in [-0.25, -0.2) is 10.0 Å². The molecule has 10 heteroatoms. The zero-order valence-corrected chi connectivity index (χ0v) is 42.0. The van der Waals surface area contributed by atoms with Crippen molar-refractivity contribution in [2.75, 3.05) is 26.4 Å². The van der Waals surface area contributed by atoms with Gasteiger partial charge in [0.2, 0.25) is 0 Å². The second kappa shape index (κ2) is 31.3. The van der Waals surface area contributed by atoms with Crippen LogP contribution in [-0.2, 0) is 38.1 Å². The van der Waals surface area contributed by atoms with E-state index in [1.807, 2.05) is 72.4 Å². The van der Waals surface area contributed by atoms with E-state index in [2.05, 4.69) is 27.7 Å². The van der Waals surface area contributed by atoms with Gasteiger partial charge in [0.1, 0.15) is 23.9 Å². The third kappa shape index (κ3) is 16.8. The first-order valence-corrected chi connectivity index (χ1v) is 26.6. The van der Waals surface area contributed by atoms with Crippen molar-refractivity contribution in [1.82, 2.24) is 10.0 Å². The number of carbonyl (C=O) groups is 4. The van der Waals surface area contributed by atoms with Crippen LogP contribution in [0.5, 0.6) is 0 Å². The number of hydrogen-bond acceptors (Lipinski definition) is 10. The second-order valence-electron chi connectivity index (χ2n) is 19.2. The summed E-state index contributed by atoms with van der Waals surface area (Å²) in [4.78, 5) is 59.9. The molecule has 4 rings (SSSR count). The lowest BCUT2D eigenvalue weighted by Gasteiger charge is -2.32. The summed E-state index contributed by atoms with van der Waals surface area (Å²) in [6.07, 6.45) is 24.6. The summed E-state index contributed by atoms with van der Waals surface area (Å²) in [6.45, 7) is 13.6. The molecule has 0 unspecified atom stereocenters. The molecule has 0 radical (unpaired) electrons. The van der Waals surface area contributed by atoms with E-state index in [0.29, 0.717) is 25.7 Å². The monoisotopic (exact) mass is 917 g/mol. The molecule has 2 saturated heterocycles. The predicted octanol–water partition coefficient (Wildman–Crippen LogP) is 13.2. The van der Waals surface area contributed by atoms with E-state index in [4.69, 9.17) is 18.9 Å². The minimum absolute atomic E-state index is 0.201. The Labute approximate surface area is 399 Å². The zero-order chi connectivity index (χ0) is 47.5. The molecule has 0 bridgehead atoms. The van der Waals surface area contributed by atoms with E-state index in [1.54, 1.807) is 0 Å². The number of ether oxygens (including phenoxy) is 4. The van der Waals surface area contributed by atoms with Gasteiger partial charge in [0, 0.05) is 0 Å². The van der Waals surface area contributed by atoms with Crippen molar-refractivity contribution >= 4 is 23.9 Å². The number of carbonyl (C=O) groups excluding carboxylic acids is 4. The Morgan fingerprint density at radius 2 is 0.606 bits per heavy atom. The largest absolute Gasteiger partial charge is 0.465 e. The molecule has 10 nitrogen and oxygen atoms in total. The average Bonchev–Trinajstić information content (AvgIpc) is 3.84. The minimum atomic E-state index is -1.20. The lowest BCUT2D eigenvalue weighted by molar-refractivity contribution is -0.163. The highest BCUT2D eigenvalue weighted by molar-refractivity contribution is 5.90. The van der Waals surface area contributed by atoms with Crippen molar-refractivity contribution in [3.8, 4) is 0 Å². The van der Waals surface area contributed by atoms with Crippen molar-refractivity contribution in [2.45, 2.75) is 220 Å². The van der Waals surface area contributed by atoms with Gasteiger partial charge in [0.15, 0.2) is 0 Å². The van der Waals surface area contributed by atoms with E-state index < -0.39 is 59.9 Å². The van der Waals surface area contributed by atoms with Gasteiger partial charge in [0.05, 0.1) is 38.5 Å². The molecule has 370 valence electrons. The average molecular weight is 917 g/mol. The SMILES string of the molecule is CCCCCCCCOC(=O)[C@@H]1[C@H](C(=O)OCCCCCCCC)N2[C@H](c3ccc(C)cc3)[C@H](C(=O)OCCCCCCCC)[C@H](C(=O)OCCCCCCCC)N2[C@H]1c1ccc(C)cc1. The van der Waals surface area contributed by atoms with Crippen LogP contribution in [-0.4, -0.2) is 72.4 Å². The number of hydrogen-bond donors (Lipinski definition) is 0. The van der Waals surface area contributed by atoms with Gasteiger partial charge in [-0.1, -0.05) is 216 Å². The zero-order valence-electron chi connectivity index (χ0n) is 42.0. The van der Waals surface area contributed by atoms with Crippen LogP contribution in [0.25, 0.3) is 0 Å². The number of hydrazine groups is 1. The molecule has 0 amide bonds. The lowest BCUT2D eigenvalue weighted by Crippen LogP contribution is -2.47. The molecular weight excluding hydrogens is 829 g/mol. The summed E-state index contributed by atoms with van der Waals surface area (Å²) in [7, 11) is 0. The molecule has 0 aromatic heterocycles. The molecule has 2 aromatic carbocycles. The number of unbranched alkanes of at least 4 members (excludes halogenated alkanes) is 20. The van der Waals surface area contributed by atoms with Crippen LogP contribution in [0, 0.1) is 25.7 Å². The van der Waals surface area contributed by atoms with Crippen molar-refractivity contribution in [1.29, 1.82) is 0 Å². The summed E-state index contributed by atoms with van der Waals surface area (Å²) in [5, 5.41) is 3.67. The maximum atomic E-state index is 15.0. The van der Waals surface area contributed by atoms with Crippen LogP contribution < -0.4 is 0 Å². The van der Waals surface area contributed by atoms with Gasteiger partial charge in [-0.2, -0.15) is 0 Å². The van der Waals surface area contributed by atoms with Crippen molar-refractivity contribution in [3.05, 3.63) is 70.8 Å². The maximum Gasteiger partial charge on any atom is 0.325 e. The van der Waals surface area contributed by atoms with E-state index >= 15 is 9.59 Å². The topological polar surface area (TPSA) is 112 Å². The summed E-state index contributed by atoms with van der Waals surface area (Å²) in [6, 6.07) is 11.6. The van der Waals surface area contributed by atoms with Crippen molar-refractivity contribution in [2.24, 2.45) is 11.8 Å². The molecule has 0 aliphatic carbocycles. The van der Waals surface area contributed by atoms with E-state index in [9.17, 15) is 9.59 Å². The Morgan fingerprint density at radius 3 is 0.879 bits per heavy atom. The van der Waals surface area contributed by atoms with Gasteiger partial charge in [0.25, 0.3) is 0 Å². The number of esters is 4. The van der Waals surface area contributed by atoms with Gasteiger partial charge in [-0.15, -0.1) is 0 Å². The molecule has 2 aromatic rings. The van der Waals surface area contributed by atoms with E-state index in [1.165, 1.54) is 25.7 Å². The summed E-state index contributed by atoms with van der Waals surface area (Å²) < 4.78 is 24.7. The molecule has 2 fully saturated rings. The van der Waals surface area contributed by atoms with Crippen LogP contribution in [0.2, 0.25) is 0 Å². The van der Waals surface area contributed by atoms with Crippen LogP contribution in [0.3, 0.4) is 0 Å². The Morgan fingerprint density at radius 1 is 0.364 bits per heavy atom. The van der Waals surface area contributed by atoms with Gasteiger partial charge < -0.3 is 18.9 Å². The standard InChI is InChI=1S/C56H88N2O8/c1-7-11-15-19-23-27-39-63-53(59)47-49(45-35-31-43(5)32-36-45)57-52(56(62)66-42-30-26-22-18-14-10-4)48(54(60)64-40-28-24-20-16-12-8-2)50(46-37-33-44(6)34-38-46)58(57)51(47)55(61)65-41-29-25-21-17-13-9-3/h31-38,47-52H,7-30,39-42H2,1-6H3/t47-,48-,49-,50+,51+,52+/m0/s1. The third-order valence-corrected chi connectivity index (χ3v) is 13.6. The fourth-order valence-corrected chi connectivity index (χ4v) is 9.78. The highest BCUT2D eigenvalue weighted by Gasteiger charge is 2.69. The number of fused-ring (bicyclic) bond motifs is 1. The third-order valence-electron chi connectivity index (χ3n) is 13.6. The highest BCUT2D eigenvalue weighted by Crippen LogP contribution is 2.56. The van der Waals surface area contributed by atoms with Crippen LogP contribution in [0.15, 0.2) is 48.5 Å².